The van der Waals surface area contributed by atoms with Crippen LogP contribution in [0.15, 0.2) is 77.7 Å². The predicted octanol–water partition coefficient (Wildman–Crippen LogP) is 6.65. The Balaban J connectivity index is 1.88. The summed E-state index contributed by atoms with van der Waals surface area (Å²) in [6, 6.07) is 21.4. The van der Waals surface area contributed by atoms with E-state index in [1.807, 2.05) is 49.4 Å². The van der Waals surface area contributed by atoms with E-state index in [-0.39, 0.29) is 11.7 Å². The Bertz CT molecular complexity index is 1190. The van der Waals surface area contributed by atoms with Crippen molar-refractivity contribution in [2.24, 2.45) is 0 Å². The summed E-state index contributed by atoms with van der Waals surface area (Å²) < 4.78 is 18.1. The summed E-state index contributed by atoms with van der Waals surface area (Å²) in [5.41, 5.74) is 2.29. The van der Waals surface area contributed by atoms with Gasteiger partial charge in [0.25, 0.3) is 5.91 Å². The number of aryl methyl sites for hydroxylation is 1. The largest absolute Gasteiger partial charge is 0.443 e. The number of benzene rings is 3. The molecule has 0 saturated carbocycles. The Morgan fingerprint density at radius 3 is 2.33 bits per heavy atom. The summed E-state index contributed by atoms with van der Waals surface area (Å²) >= 11 is 1.40. The second kappa shape index (κ2) is 8.67. The molecule has 0 saturated heterocycles. The lowest BCUT2D eigenvalue weighted by atomic mass is 9.91. The summed E-state index contributed by atoms with van der Waals surface area (Å²) in [5.74, 6) is -0.705. The van der Waals surface area contributed by atoms with Gasteiger partial charge in [-0.1, -0.05) is 48.0 Å². The quantitative estimate of drug-likeness (QED) is 0.435. The summed E-state index contributed by atoms with van der Waals surface area (Å²) in [7, 11) is 0. The fourth-order valence-electron chi connectivity index (χ4n) is 3.95. The summed E-state index contributed by atoms with van der Waals surface area (Å²) in [6.45, 7) is 7.26. The van der Waals surface area contributed by atoms with E-state index in [2.05, 4.69) is 0 Å². The lowest BCUT2D eigenvalue weighted by molar-refractivity contribution is -0.120. The summed E-state index contributed by atoms with van der Waals surface area (Å²) in [6.07, 6.45) is -0.409. The van der Waals surface area contributed by atoms with E-state index in [4.69, 9.17) is 4.74 Å². The Morgan fingerprint density at radius 2 is 1.70 bits per heavy atom. The van der Waals surface area contributed by atoms with Crippen molar-refractivity contribution < 1.29 is 18.7 Å². The van der Waals surface area contributed by atoms with Crippen molar-refractivity contribution >= 4 is 29.4 Å². The highest BCUT2D eigenvalue weighted by Crippen LogP contribution is 2.54. The number of fused-ring (bicyclic) bond motifs is 1. The van der Waals surface area contributed by atoms with E-state index in [1.54, 1.807) is 39.0 Å². The number of hydrogen-bond donors (Lipinski definition) is 0. The SMILES string of the molecule is Cc1ccc2c(c1)[C@@](Cc1ccc(F)cc1)(Sc1ccccc1)C(=O)N2C(=O)OC(C)(C)C. The van der Waals surface area contributed by atoms with Gasteiger partial charge in [0.1, 0.15) is 16.2 Å². The van der Waals surface area contributed by atoms with Crippen LogP contribution in [0.5, 0.6) is 0 Å². The number of halogens is 1. The van der Waals surface area contributed by atoms with E-state index in [1.165, 1.54) is 23.9 Å². The Morgan fingerprint density at radius 1 is 1.03 bits per heavy atom. The zero-order chi connectivity index (χ0) is 23.8. The van der Waals surface area contributed by atoms with Gasteiger partial charge in [0, 0.05) is 16.9 Å². The smallest absolute Gasteiger partial charge is 0.421 e. The number of rotatable bonds is 4. The van der Waals surface area contributed by atoms with Crippen LogP contribution in [0.1, 0.15) is 37.5 Å². The van der Waals surface area contributed by atoms with Crippen molar-refractivity contribution in [3.8, 4) is 0 Å². The Kier molecular flexibility index (Phi) is 6.06. The molecule has 0 fully saturated rings. The average Bonchev–Trinajstić information content (AvgIpc) is 2.97. The minimum Gasteiger partial charge on any atom is -0.443 e. The molecule has 6 heteroatoms. The van der Waals surface area contributed by atoms with Gasteiger partial charge in [0.05, 0.1) is 5.69 Å². The van der Waals surface area contributed by atoms with E-state index < -0.39 is 16.4 Å². The molecule has 0 N–H and O–H groups in total. The normalized spacial score (nSPS) is 17.7. The molecular formula is C27H26FNO3S. The van der Waals surface area contributed by atoms with Crippen LogP contribution in [0.3, 0.4) is 0 Å². The topological polar surface area (TPSA) is 46.6 Å². The van der Waals surface area contributed by atoms with Crippen LogP contribution in [0.25, 0.3) is 0 Å². The van der Waals surface area contributed by atoms with Crippen molar-refractivity contribution in [2.75, 3.05) is 4.90 Å². The Hall–Kier alpha value is -3.12. The molecule has 1 aliphatic rings. The molecule has 0 bridgehead atoms. The van der Waals surface area contributed by atoms with Gasteiger partial charge in [-0.25, -0.2) is 14.1 Å². The van der Waals surface area contributed by atoms with Crippen molar-refractivity contribution in [1.82, 2.24) is 0 Å². The maximum atomic E-state index is 14.1. The molecule has 0 spiro atoms. The summed E-state index contributed by atoms with van der Waals surface area (Å²) in [5, 5.41) is 0. The van der Waals surface area contributed by atoms with E-state index in [9.17, 15) is 14.0 Å². The van der Waals surface area contributed by atoms with Gasteiger partial charge < -0.3 is 4.74 Å². The molecule has 0 aliphatic carbocycles. The number of anilines is 1. The molecule has 1 atom stereocenters. The third-order valence-corrected chi connectivity index (χ3v) is 6.75. The van der Waals surface area contributed by atoms with E-state index in [0.717, 1.165) is 26.5 Å². The molecule has 0 aromatic heterocycles. The monoisotopic (exact) mass is 463 g/mol. The van der Waals surface area contributed by atoms with Gasteiger partial charge >= 0.3 is 6.09 Å². The first-order chi connectivity index (χ1) is 15.6. The van der Waals surface area contributed by atoms with Gasteiger partial charge in [-0.15, -0.1) is 11.8 Å². The van der Waals surface area contributed by atoms with Gasteiger partial charge in [-0.3, -0.25) is 4.79 Å². The standard InChI is InChI=1S/C27H26FNO3S/c1-18-10-15-23-22(16-18)27(33-21-8-6-5-7-9-21,17-19-11-13-20(28)14-12-19)24(30)29(23)25(31)32-26(2,3)4/h5-16H,17H2,1-4H3/t27-/m1/s1. The Labute approximate surface area is 197 Å². The molecule has 3 aromatic rings. The first-order valence-electron chi connectivity index (χ1n) is 10.8. The highest BCUT2D eigenvalue weighted by molar-refractivity contribution is 8.01. The van der Waals surface area contributed by atoms with Gasteiger partial charge in [0.2, 0.25) is 0 Å². The molecule has 1 heterocycles. The molecule has 1 aliphatic heterocycles. The third-order valence-electron chi connectivity index (χ3n) is 5.35. The number of nitrogens with zero attached hydrogens (tertiary/aromatic N) is 1. The fraction of sp³-hybridized carbons (Fsp3) is 0.259. The lowest BCUT2D eigenvalue weighted by Crippen LogP contribution is -2.45. The highest BCUT2D eigenvalue weighted by Gasteiger charge is 2.54. The molecule has 0 unspecified atom stereocenters. The van der Waals surface area contributed by atoms with Gasteiger partial charge in [-0.05, 0) is 63.6 Å². The third kappa shape index (κ3) is 4.67. The van der Waals surface area contributed by atoms with Crippen molar-refractivity contribution in [2.45, 2.75) is 49.4 Å². The first kappa shape index (κ1) is 23.1. The van der Waals surface area contributed by atoms with Crippen LogP contribution < -0.4 is 4.90 Å². The number of hydrogen-bond acceptors (Lipinski definition) is 4. The maximum absolute atomic E-state index is 14.1. The lowest BCUT2D eigenvalue weighted by Gasteiger charge is -2.29. The molecule has 2 amide bonds. The zero-order valence-electron chi connectivity index (χ0n) is 19.1. The number of imide groups is 1. The average molecular weight is 464 g/mol. The zero-order valence-corrected chi connectivity index (χ0v) is 19.9. The minimum atomic E-state index is -1.11. The highest BCUT2D eigenvalue weighted by atomic mass is 32.2. The number of carbonyl (C=O) groups excluding carboxylic acids is 2. The van der Waals surface area contributed by atoms with Gasteiger partial charge in [-0.2, -0.15) is 0 Å². The van der Waals surface area contributed by atoms with E-state index in [0.29, 0.717) is 12.1 Å². The number of ether oxygens (including phenoxy) is 1. The molecule has 3 aromatic carbocycles. The van der Waals surface area contributed by atoms with Crippen molar-refractivity contribution in [1.29, 1.82) is 0 Å². The van der Waals surface area contributed by atoms with Crippen LogP contribution in [-0.4, -0.2) is 17.6 Å². The number of amides is 2. The van der Waals surface area contributed by atoms with Crippen LogP contribution in [0, 0.1) is 12.7 Å². The van der Waals surface area contributed by atoms with Crippen LogP contribution >= 0.6 is 11.8 Å². The predicted molar refractivity (Wildman–Crippen MR) is 129 cm³/mol. The molecule has 0 radical (unpaired) electrons. The van der Waals surface area contributed by atoms with Crippen molar-refractivity contribution in [3.05, 3.63) is 95.3 Å². The molecule has 170 valence electrons. The molecule has 4 nitrogen and oxygen atoms in total. The van der Waals surface area contributed by atoms with Crippen LogP contribution in [0.4, 0.5) is 14.9 Å². The van der Waals surface area contributed by atoms with Crippen LogP contribution in [0.2, 0.25) is 0 Å². The first-order valence-corrected chi connectivity index (χ1v) is 11.6. The van der Waals surface area contributed by atoms with E-state index >= 15 is 0 Å². The molecule has 33 heavy (non-hydrogen) atoms. The maximum Gasteiger partial charge on any atom is 0.421 e. The summed E-state index contributed by atoms with van der Waals surface area (Å²) in [4.78, 5) is 29.4. The second-order valence-corrected chi connectivity index (χ2v) is 10.6. The van der Waals surface area contributed by atoms with Crippen LogP contribution in [-0.2, 0) is 20.7 Å². The minimum absolute atomic E-state index is 0.293. The second-order valence-electron chi connectivity index (χ2n) is 9.19. The molecular weight excluding hydrogens is 437 g/mol. The number of thioether (sulfide) groups is 1. The van der Waals surface area contributed by atoms with Gasteiger partial charge in [0.15, 0.2) is 0 Å². The fourth-order valence-corrected chi connectivity index (χ4v) is 5.33. The molecule has 4 rings (SSSR count). The number of carbonyl (C=O) groups is 2. The van der Waals surface area contributed by atoms with Crippen molar-refractivity contribution in [3.63, 3.8) is 0 Å².